The van der Waals surface area contributed by atoms with E-state index >= 15 is 0 Å². The Morgan fingerprint density at radius 2 is 1.84 bits per heavy atom. The zero-order chi connectivity index (χ0) is 17.2. The number of nitrogen functional groups attached to an aromatic ring is 1. The van der Waals surface area contributed by atoms with Crippen LogP contribution in [0.2, 0.25) is 0 Å². The zero-order valence-electron chi connectivity index (χ0n) is 13.3. The molecular formula is C19H15N5O. The Morgan fingerprint density at radius 3 is 2.64 bits per heavy atom. The number of benzene rings is 2. The maximum atomic E-state index is 12.7. The fraction of sp³-hybridized carbons (Fsp3) is 0. The monoisotopic (exact) mass is 329 g/mol. The number of aromatic nitrogens is 3. The molecule has 0 spiro atoms. The minimum absolute atomic E-state index is 0.0794. The average molecular weight is 329 g/mol. The highest BCUT2D eigenvalue weighted by atomic mass is 16.1. The van der Waals surface area contributed by atoms with E-state index in [1.165, 1.54) is 0 Å². The van der Waals surface area contributed by atoms with Gasteiger partial charge in [0.2, 0.25) is 0 Å². The lowest BCUT2D eigenvalue weighted by Crippen LogP contribution is -2.04. The van der Waals surface area contributed by atoms with Crippen molar-refractivity contribution in [2.24, 2.45) is 5.10 Å². The van der Waals surface area contributed by atoms with Gasteiger partial charge in [-0.2, -0.15) is 10.2 Å². The summed E-state index contributed by atoms with van der Waals surface area (Å²) in [6.07, 6.45) is 7.01. The lowest BCUT2D eigenvalue weighted by molar-refractivity contribution is 0.103. The number of carbonyl (C=O) groups excluding carboxylic acids is 1. The number of nitrogens with zero attached hydrogens (tertiary/aromatic N) is 4. The Kier molecular flexibility index (Phi) is 3.63. The van der Waals surface area contributed by atoms with Crippen molar-refractivity contribution < 1.29 is 4.79 Å². The third-order valence-corrected chi connectivity index (χ3v) is 3.89. The van der Waals surface area contributed by atoms with Crippen LogP contribution >= 0.6 is 0 Å². The molecule has 0 radical (unpaired) electrons. The van der Waals surface area contributed by atoms with Crippen LogP contribution in [0.4, 0.5) is 5.69 Å². The predicted molar refractivity (Wildman–Crippen MR) is 97.7 cm³/mol. The van der Waals surface area contributed by atoms with Crippen LogP contribution in [-0.2, 0) is 0 Å². The van der Waals surface area contributed by atoms with Crippen LogP contribution in [0.15, 0.2) is 78.3 Å². The molecule has 0 atom stereocenters. The summed E-state index contributed by atoms with van der Waals surface area (Å²) in [6, 6.07) is 16.2. The summed E-state index contributed by atoms with van der Waals surface area (Å²) in [5, 5.41) is 9.53. The Labute approximate surface area is 143 Å². The second-order valence-electron chi connectivity index (χ2n) is 5.61. The van der Waals surface area contributed by atoms with Gasteiger partial charge in [0.05, 0.1) is 11.7 Å². The highest BCUT2D eigenvalue weighted by molar-refractivity contribution is 6.11. The van der Waals surface area contributed by atoms with Crippen LogP contribution in [0, 0.1) is 0 Å². The highest BCUT2D eigenvalue weighted by Crippen LogP contribution is 2.18. The predicted octanol–water partition coefficient (Wildman–Crippen LogP) is 2.99. The maximum Gasteiger partial charge on any atom is 0.193 e. The lowest BCUT2D eigenvalue weighted by Gasteiger charge is -2.03. The van der Waals surface area contributed by atoms with Gasteiger partial charge in [-0.3, -0.25) is 4.79 Å². The van der Waals surface area contributed by atoms with Crippen LogP contribution in [0.1, 0.15) is 15.9 Å². The Morgan fingerprint density at radius 1 is 1.04 bits per heavy atom. The average Bonchev–Trinajstić information content (AvgIpc) is 3.28. The van der Waals surface area contributed by atoms with Crippen LogP contribution in [0.25, 0.3) is 10.9 Å². The summed E-state index contributed by atoms with van der Waals surface area (Å²) in [5.74, 6) is -0.0794. The molecule has 0 saturated heterocycles. The number of fused-ring (bicyclic) bond motifs is 1. The standard InChI is InChI=1S/C19H15N5O/c20-17-5-3-4-14(10-17)19(25)15-6-7-16-12-21-24(18(16)11-15)13-22-23-8-1-2-9-23/h1-13H,20H2. The van der Waals surface area contributed by atoms with Crippen molar-refractivity contribution in [2.45, 2.75) is 0 Å². The van der Waals surface area contributed by atoms with Gasteiger partial charge in [-0.25, -0.2) is 9.36 Å². The molecule has 0 unspecified atom stereocenters. The Hall–Kier alpha value is -3.67. The van der Waals surface area contributed by atoms with E-state index in [-0.39, 0.29) is 5.78 Å². The van der Waals surface area contributed by atoms with Crippen LogP contribution in [-0.4, -0.2) is 26.6 Å². The van der Waals surface area contributed by atoms with E-state index in [1.54, 1.807) is 52.2 Å². The van der Waals surface area contributed by atoms with Crippen molar-refractivity contribution >= 4 is 28.7 Å². The van der Waals surface area contributed by atoms with Gasteiger partial charge < -0.3 is 5.73 Å². The fourth-order valence-electron chi connectivity index (χ4n) is 2.63. The van der Waals surface area contributed by atoms with Crippen molar-refractivity contribution in [3.63, 3.8) is 0 Å². The van der Waals surface area contributed by atoms with Gasteiger partial charge in [-0.05, 0) is 30.3 Å². The van der Waals surface area contributed by atoms with Gasteiger partial charge in [0.1, 0.15) is 6.34 Å². The Balaban J connectivity index is 1.72. The minimum Gasteiger partial charge on any atom is -0.399 e. The van der Waals surface area contributed by atoms with E-state index in [0.717, 1.165) is 10.9 Å². The second kappa shape index (κ2) is 6.09. The first-order valence-corrected chi connectivity index (χ1v) is 7.76. The molecular weight excluding hydrogens is 314 g/mol. The number of carbonyl (C=O) groups is 1. The molecule has 4 aromatic rings. The van der Waals surface area contributed by atoms with Gasteiger partial charge in [0.15, 0.2) is 5.78 Å². The van der Waals surface area contributed by atoms with E-state index in [4.69, 9.17) is 5.73 Å². The van der Waals surface area contributed by atoms with Gasteiger partial charge in [-0.15, -0.1) is 0 Å². The smallest absolute Gasteiger partial charge is 0.193 e. The van der Waals surface area contributed by atoms with Crippen molar-refractivity contribution in [3.05, 3.63) is 84.3 Å². The van der Waals surface area contributed by atoms with Gasteiger partial charge >= 0.3 is 0 Å². The first-order valence-electron chi connectivity index (χ1n) is 7.76. The molecule has 0 amide bonds. The summed E-state index contributed by atoms with van der Waals surface area (Å²) in [5.41, 5.74) is 8.29. The fourth-order valence-corrected chi connectivity index (χ4v) is 2.63. The highest BCUT2D eigenvalue weighted by Gasteiger charge is 2.11. The molecule has 6 heteroatoms. The van der Waals surface area contributed by atoms with Gasteiger partial charge in [0, 0.05) is 34.6 Å². The first kappa shape index (κ1) is 14.9. The molecule has 0 bridgehead atoms. The van der Waals surface area contributed by atoms with Crippen LogP contribution in [0.5, 0.6) is 0 Å². The minimum atomic E-state index is -0.0794. The van der Waals surface area contributed by atoms with Gasteiger partial charge in [-0.1, -0.05) is 24.3 Å². The van der Waals surface area contributed by atoms with Gasteiger partial charge in [0.25, 0.3) is 0 Å². The number of hydrogen-bond acceptors (Lipinski definition) is 4. The molecule has 6 nitrogen and oxygen atoms in total. The maximum absolute atomic E-state index is 12.7. The topological polar surface area (TPSA) is 78.2 Å². The molecule has 0 aliphatic carbocycles. The van der Waals surface area contributed by atoms with E-state index < -0.39 is 0 Å². The van der Waals surface area contributed by atoms with E-state index in [0.29, 0.717) is 16.8 Å². The SMILES string of the molecule is Nc1cccc(C(=O)c2ccc3cnn(C=Nn4cccc4)c3c2)c1. The third kappa shape index (κ3) is 2.92. The summed E-state index contributed by atoms with van der Waals surface area (Å²) < 4.78 is 3.32. The van der Waals surface area contributed by atoms with Crippen molar-refractivity contribution in [2.75, 3.05) is 5.73 Å². The molecule has 2 heterocycles. The van der Waals surface area contributed by atoms with E-state index in [9.17, 15) is 4.79 Å². The number of anilines is 1. The molecule has 122 valence electrons. The third-order valence-electron chi connectivity index (χ3n) is 3.89. The Bertz CT molecular complexity index is 1080. The molecule has 4 rings (SSSR count). The zero-order valence-corrected chi connectivity index (χ0v) is 13.3. The number of ketones is 1. The lowest BCUT2D eigenvalue weighted by atomic mass is 10.0. The summed E-state index contributed by atoms with van der Waals surface area (Å²) >= 11 is 0. The molecule has 0 fully saturated rings. The van der Waals surface area contributed by atoms with Crippen molar-refractivity contribution in [1.29, 1.82) is 0 Å². The van der Waals surface area contributed by atoms with Crippen molar-refractivity contribution in [3.8, 4) is 0 Å². The summed E-state index contributed by atoms with van der Waals surface area (Å²) in [4.78, 5) is 12.7. The summed E-state index contributed by atoms with van der Waals surface area (Å²) in [7, 11) is 0. The van der Waals surface area contributed by atoms with Crippen molar-refractivity contribution in [1.82, 2.24) is 14.5 Å². The molecule has 2 aromatic heterocycles. The molecule has 0 saturated carbocycles. The molecule has 2 aromatic carbocycles. The summed E-state index contributed by atoms with van der Waals surface area (Å²) in [6.45, 7) is 0. The van der Waals surface area contributed by atoms with Crippen LogP contribution in [0.3, 0.4) is 0 Å². The molecule has 25 heavy (non-hydrogen) atoms. The first-order chi connectivity index (χ1) is 12.2. The number of rotatable bonds is 4. The quantitative estimate of drug-likeness (QED) is 0.270. The van der Waals surface area contributed by atoms with Crippen LogP contribution < -0.4 is 5.73 Å². The number of hydrogen-bond donors (Lipinski definition) is 1. The molecule has 0 aliphatic rings. The molecule has 2 N–H and O–H groups in total. The molecule has 0 aliphatic heterocycles. The van der Waals surface area contributed by atoms with E-state index in [2.05, 4.69) is 10.2 Å². The normalized spacial score (nSPS) is 11.4. The largest absolute Gasteiger partial charge is 0.399 e. The number of nitrogens with two attached hydrogens (primary N) is 1. The second-order valence-corrected chi connectivity index (χ2v) is 5.61. The van der Waals surface area contributed by atoms with E-state index in [1.807, 2.05) is 36.7 Å².